The normalized spacial score (nSPS) is 15.0. The van der Waals surface area contributed by atoms with Gasteiger partial charge in [-0.1, -0.05) is 30.3 Å². The molecule has 4 rings (SSSR count). The molecule has 1 atom stereocenters. The van der Waals surface area contributed by atoms with E-state index in [0.29, 0.717) is 6.04 Å². The van der Waals surface area contributed by atoms with Gasteiger partial charge in [0.1, 0.15) is 17.0 Å². The third kappa shape index (κ3) is 2.78. The molecule has 3 aromatic rings. The minimum Gasteiger partial charge on any atom is -0.368 e. The lowest BCUT2D eigenvalue weighted by molar-refractivity contribution is 0.311. The molecule has 2 aromatic heterocycles. The van der Waals surface area contributed by atoms with E-state index in [-0.39, 0.29) is 0 Å². The molecular weight excluding hydrogens is 316 g/mol. The number of likely N-dealkylation sites (N-methyl/N-ethyl adjacent to an activating group) is 1. The second-order valence-corrected chi connectivity index (χ2v) is 7.61. The molecule has 0 bridgehead atoms. The monoisotopic (exact) mass is 338 g/mol. The van der Waals surface area contributed by atoms with Crippen molar-refractivity contribution >= 4 is 27.4 Å². The smallest absolute Gasteiger partial charge is 0.138 e. The van der Waals surface area contributed by atoms with Crippen molar-refractivity contribution in [2.45, 2.75) is 25.3 Å². The summed E-state index contributed by atoms with van der Waals surface area (Å²) in [6.07, 6.45) is 5.30. The summed E-state index contributed by atoms with van der Waals surface area (Å²) >= 11 is 1.84. The third-order valence-electron chi connectivity index (χ3n) is 4.77. The average Bonchev–Trinajstić information content (AvgIpc) is 3.16. The summed E-state index contributed by atoms with van der Waals surface area (Å²) in [5, 5.41) is 4.85. The SMILES string of the molecule is CN(C)C(CNc1ncnc2sc3c(c12)CCC3)c1ccccc1. The first-order chi connectivity index (χ1) is 11.7. The predicted molar refractivity (Wildman–Crippen MR) is 101 cm³/mol. The maximum atomic E-state index is 4.55. The lowest BCUT2D eigenvalue weighted by Gasteiger charge is -2.25. The topological polar surface area (TPSA) is 41.0 Å². The van der Waals surface area contributed by atoms with Gasteiger partial charge in [-0.05, 0) is 44.5 Å². The largest absolute Gasteiger partial charge is 0.368 e. The zero-order chi connectivity index (χ0) is 16.5. The summed E-state index contributed by atoms with van der Waals surface area (Å²) < 4.78 is 0. The molecule has 0 saturated carbocycles. The van der Waals surface area contributed by atoms with Crippen molar-refractivity contribution in [2.75, 3.05) is 26.0 Å². The Hall–Kier alpha value is -1.98. The summed E-state index contributed by atoms with van der Waals surface area (Å²) in [6, 6.07) is 10.9. The van der Waals surface area contributed by atoms with E-state index in [2.05, 4.69) is 64.6 Å². The first kappa shape index (κ1) is 15.5. The van der Waals surface area contributed by atoms with E-state index in [0.717, 1.165) is 23.6 Å². The minimum absolute atomic E-state index is 0.308. The van der Waals surface area contributed by atoms with Crippen LogP contribution in [0, 0.1) is 0 Å². The summed E-state index contributed by atoms with van der Waals surface area (Å²) in [5.41, 5.74) is 2.79. The van der Waals surface area contributed by atoms with Gasteiger partial charge in [0.05, 0.1) is 11.4 Å². The van der Waals surface area contributed by atoms with E-state index in [1.54, 1.807) is 6.33 Å². The molecule has 24 heavy (non-hydrogen) atoms. The molecule has 0 saturated heterocycles. The number of anilines is 1. The van der Waals surface area contributed by atoms with Crippen LogP contribution in [0.3, 0.4) is 0 Å². The van der Waals surface area contributed by atoms with Crippen LogP contribution in [-0.2, 0) is 12.8 Å². The van der Waals surface area contributed by atoms with E-state index in [1.807, 2.05) is 11.3 Å². The second-order valence-electron chi connectivity index (χ2n) is 6.53. The van der Waals surface area contributed by atoms with Crippen molar-refractivity contribution in [1.82, 2.24) is 14.9 Å². The Balaban J connectivity index is 1.62. The van der Waals surface area contributed by atoms with Crippen molar-refractivity contribution in [3.05, 3.63) is 52.7 Å². The van der Waals surface area contributed by atoms with Crippen LogP contribution < -0.4 is 5.32 Å². The highest BCUT2D eigenvalue weighted by Gasteiger charge is 2.22. The van der Waals surface area contributed by atoms with Gasteiger partial charge in [0.25, 0.3) is 0 Å². The van der Waals surface area contributed by atoms with Crippen LogP contribution >= 0.6 is 11.3 Å². The van der Waals surface area contributed by atoms with Crippen molar-refractivity contribution < 1.29 is 0 Å². The van der Waals surface area contributed by atoms with Gasteiger partial charge >= 0.3 is 0 Å². The van der Waals surface area contributed by atoms with Crippen LogP contribution in [0.1, 0.15) is 28.5 Å². The van der Waals surface area contributed by atoms with E-state index in [4.69, 9.17) is 0 Å². The molecule has 1 aromatic carbocycles. The minimum atomic E-state index is 0.308. The molecule has 1 aliphatic carbocycles. The summed E-state index contributed by atoms with van der Waals surface area (Å²) in [7, 11) is 4.24. The Morgan fingerprint density at radius 2 is 2.00 bits per heavy atom. The van der Waals surface area contributed by atoms with Crippen LogP contribution in [-0.4, -0.2) is 35.5 Å². The van der Waals surface area contributed by atoms with Crippen molar-refractivity contribution in [2.24, 2.45) is 0 Å². The molecule has 0 radical (unpaired) electrons. The van der Waals surface area contributed by atoms with E-state index in [1.165, 1.54) is 34.2 Å². The highest BCUT2D eigenvalue weighted by atomic mass is 32.1. The molecule has 124 valence electrons. The van der Waals surface area contributed by atoms with E-state index < -0.39 is 0 Å². The lowest BCUT2D eigenvalue weighted by Crippen LogP contribution is -2.27. The number of nitrogens with zero attached hydrogens (tertiary/aromatic N) is 3. The number of fused-ring (bicyclic) bond motifs is 3. The summed E-state index contributed by atoms with van der Waals surface area (Å²) in [4.78, 5) is 13.9. The molecule has 0 fully saturated rings. The number of benzene rings is 1. The van der Waals surface area contributed by atoms with Gasteiger partial charge in [0, 0.05) is 11.4 Å². The van der Waals surface area contributed by atoms with Crippen molar-refractivity contribution in [1.29, 1.82) is 0 Å². The van der Waals surface area contributed by atoms with Crippen molar-refractivity contribution in [3.63, 3.8) is 0 Å². The average molecular weight is 338 g/mol. The van der Waals surface area contributed by atoms with Gasteiger partial charge in [0.2, 0.25) is 0 Å². The molecule has 2 heterocycles. The lowest BCUT2D eigenvalue weighted by atomic mass is 10.1. The number of aromatic nitrogens is 2. The molecule has 5 heteroatoms. The zero-order valence-corrected chi connectivity index (χ0v) is 14.9. The Morgan fingerprint density at radius 1 is 1.17 bits per heavy atom. The first-order valence-electron chi connectivity index (χ1n) is 8.44. The quantitative estimate of drug-likeness (QED) is 0.766. The van der Waals surface area contributed by atoms with Crippen LogP contribution in [0.4, 0.5) is 5.82 Å². The number of aryl methyl sites for hydroxylation is 2. The van der Waals surface area contributed by atoms with Gasteiger partial charge in [-0.25, -0.2) is 9.97 Å². The number of rotatable bonds is 5. The Kier molecular flexibility index (Phi) is 4.21. The molecule has 1 N–H and O–H groups in total. The van der Waals surface area contributed by atoms with Gasteiger partial charge in [-0.15, -0.1) is 11.3 Å². The Labute approximate surface area is 146 Å². The van der Waals surface area contributed by atoms with E-state index >= 15 is 0 Å². The number of hydrogen-bond acceptors (Lipinski definition) is 5. The van der Waals surface area contributed by atoms with Gasteiger partial charge in [-0.3, -0.25) is 0 Å². The van der Waals surface area contributed by atoms with Gasteiger partial charge < -0.3 is 10.2 Å². The van der Waals surface area contributed by atoms with Crippen LogP contribution in [0.5, 0.6) is 0 Å². The number of thiophene rings is 1. The zero-order valence-electron chi connectivity index (χ0n) is 14.1. The molecule has 1 aliphatic rings. The second kappa shape index (κ2) is 6.49. The van der Waals surface area contributed by atoms with Crippen LogP contribution in [0.25, 0.3) is 10.2 Å². The van der Waals surface area contributed by atoms with E-state index in [9.17, 15) is 0 Å². The van der Waals surface area contributed by atoms with Crippen LogP contribution in [0.2, 0.25) is 0 Å². The predicted octanol–water partition coefficient (Wildman–Crippen LogP) is 3.89. The molecule has 0 amide bonds. The van der Waals surface area contributed by atoms with Crippen LogP contribution in [0.15, 0.2) is 36.7 Å². The molecule has 0 aliphatic heterocycles. The maximum absolute atomic E-state index is 4.55. The number of hydrogen-bond donors (Lipinski definition) is 1. The summed E-state index contributed by atoms with van der Waals surface area (Å²) in [6.45, 7) is 0.827. The fourth-order valence-corrected chi connectivity index (χ4v) is 4.76. The molecular formula is C19H22N4S. The molecule has 1 unspecified atom stereocenters. The maximum Gasteiger partial charge on any atom is 0.138 e. The highest BCUT2D eigenvalue weighted by Crippen LogP contribution is 2.39. The first-order valence-corrected chi connectivity index (χ1v) is 9.26. The fourth-order valence-electron chi connectivity index (χ4n) is 3.53. The number of nitrogens with one attached hydrogen (secondary N) is 1. The highest BCUT2D eigenvalue weighted by molar-refractivity contribution is 7.19. The van der Waals surface area contributed by atoms with Gasteiger partial charge in [0.15, 0.2) is 0 Å². The Morgan fingerprint density at radius 3 is 2.79 bits per heavy atom. The Bertz CT molecular complexity index is 841. The van der Waals surface area contributed by atoms with Gasteiger partial charge in [-0.2, -0.15) is 0 Å². The molecule has 0 spiro atoms. The molecule has 4 nitrogen and oxygen atoms in total. The summed E-state index contributed by atoms with van der Waals surface area (Å²) in [5.74, 6) is 0.988. The third-order valence-corrected chi connectivity index (χ3v) is 5.97. The van der Waals surface area contributed by atoms with Crippen molar-refractivity contribution in [3.8, 4) is 0 Å². The fraction of sp³-hybridized carbons (Fsp3) is 0.368. The standard InChI is InChI=1S/C19H22N4S/c1-23(2)15(13-7-4-3-5-8-13)11-20-18-17-14-9-6-10-16(14)24-19(17)22-12-21-18/h3-5,7-8,12,15H,6,9-11H2,1-2H3,(H,20,21,22).